The molecule has 0 N–H and O–H groups in total. The van der Waals surface area contributed by atoms with E-state index in [-0.39, 0.29) is 17.3 Å². The summed E-state index contributed by atoms with van der Waals surface area (Å²) >= 11 is 0. The third-order valence-corrected chi connectivity index (χ3v) is 4.26. The number of non-ortho nitro benzene ring substituents is 1. The summed E-state index contributed by atoms with van der Waals surface area (Å²) in [7, 11) is 0. The highest BCUT2D eigenvalue weighted by Crippen LogP contribution is 2.21. The van der Waals surface area contributed by atoms with Gasteiger partial charge in [0, 0.05) is 17.7 Å². The van der Waals surface area contributed by atoms with Gasteiger partial charge in [-0.1, -0.05) is 42.5 Å². The van der Waals surface area contributed by atoms with Gasteiger partial charge in [0.15, 0.2) is 5.70 Å². The average Bonchev–Trinajstić information content (AvgIpc) is 3.08. The number of nitro benzene ring substituents is 1. The second kappa shape index (κ2) is 7.28. The van der Waals surface area contributed by atoms with Crippen molar-refractivity contribution in [3.05, 3.63) is 106 Å². The molecule has 28 heavy (non-hydrogen) atoms. The van der Waals surface area contributed by atoms with E-state index in [1.807, 2.05) is 42.5 Å². The Hall–Kier alpha value is -4.06. The number of cyclic esters (lactones) is 1. The van der Waals surface area contributed by atoms with Crippen LogP contribution in [-0.4, -0.2) is 16.8 Å². The quantitative estimate of drug-likeness (QED) is 0.290. The lowest BCUT2D eigenvalue weighted by Crippen LogP contribution is -2.05. The van der Waals surface area contributed by atoms with Crippen LogP contribution in [0.1, 0.15) is 11.1 Å². The van der Waals surface area contributed by atoms with E-state index in [1.165, 1.54) is 12.1 Å². The molecule has 1 aliphatic rings. The van der Waals surface area contributed by atoms with Crippen molar-refractivity contribution in [2.75, 3.05) is 0 Å². The zero-order chi connectivity index (χ0) is 19.5. The normalized spacial score (nSPS) is 15.2. The van der Waals surface area contributed by atoms with Crippen LogP contribution >= 0.6 is 0 Å². The van der Waals surface area contributed by atoms with Gasteiger partial charge in [0.25, 0.3) is 5.69 Å². The van der Waals surface area contributed by atoms with Crippen LogP contribution in [0.4, 0.5) is 5.69 Å². The van der Waals surface area contributed by atoms with Crippen LogP contribution in [0.25, 0.3) is 16.8 Å². The van der Waals surface area contributed by atoms with E-state index in [1.54, 1.807) is 30.4 Å². The first kappa shape index (κ1) is 17.4. The van der Waals surface area contributed by atoms with Gasteiger partial charge in [-0.25, -0.2) is 9.79 Å². The summed E-state index contributed by atoms with van der Waals surface area (Å²) in [6.45, 7) is 0. The third-order valence-electron chi connectivity index (χ3n) is 4.26. The predicted octanol–water partition coefficient (Wildman–Crippen LogP) is 4.65. The molecule has 4 rings (SSSR count). The Kier molecular flexibility index (Phi) is 4.51. The summed E-state index contributed by atoms with van der Waals surface area (Å²) in [5.41, 5.74) is 1.73. The number of fused-ring (bicyclic) bond motifs is 1. The first-order valence-corrected chi connectivity index (χ1v) is 8.53. The van der Waals surface area contributed by atoms with Gasteiger partial charge in [0.05, 0.1) is 4.92 Å². The molecule has 0 spiro atoms. The monoisotopic (exact) mass is 370 g/mol. The van der Waals surface area contributed by atoms with Gasteiger partial charge in [-0.3, -0.25) is 10.1 Å². The van der Waals surface area contributed by atoms with E-state index in [4.69, 9.17) is 4.74 Å². The van der Waals surface area contributed by atoms with Crippen molar-refractivity contribution < 1.29 is 14.5 Å². The first-order valence-electron chi connectivity index (χ1n) is 8.53. The fraction of sp³-hybridized carbons (Fsp3) is 0. The molecule has 6 heteroatoms. The fourth-order valence-corrected chi connectivity index (χ4v) is 2.83. The van der Waals surface area contributed by atoms with E-state index < -0.39 is 10.9 Å². The topological polar surface area (TPSA) is 81.8 Å². The van der Waals surface area contributed by atoms with Crippen molar-refractivity contribution in [1.29, 1.82) is 0 Å². The van der Waals surface area contributed by atoms with E-state index in [2.05, 4.69) is 4.99 Å². The van der Waals surface area contributed by atoms with Gasteiger partial charge in [-0.2, -0.15) is 0 Å². The molecule has 0 saturated heterocycles. The van der Waals surface area contributed by atoms with Gasteiger partial charge in [0.2, 0.25) is 5.90 Å². The molecule has 6 nitrogen and oxygen atoms in total. The molecule has 0 fully saturated rings. The molecule has 3 aromatic carbocycles. The smallest absolute Gasteiger partial charge is 0.363 e. The minimum absolute atomic E-state index is 0.0273. The van der Waals surface area contributed by atoms with Crippen LogP contribution in [0, 0.1) is 10.1 Å². The summed E-state index contributed by atoms with van der Waals surface area (Å²) in [5, 5.41) is 12.8. The van der Waals surface area contributed by atoms with Crippen molar-refractivity contribution in [2.45, 2.75) is 0 Å². The van der Waals surface area contributed by atoms with Crippen molar-refractivity contribution >= 4 is 34.4 Å². The molecule has 0 aromatic heterocycles. The van der Waals surface area contributed by atoms with Gasteiger partial charge in [0.1, 0.15) is 0 Å². The molecule has 0 aliphatic carbocycles. The molecule has 3 aromatic rings. The maximum Gasteiger partial charge on any atom is 0.363 e. The van der Waals surface area contributed by atoms with Gasteiger partial charge in [-0.05, 0) is 46.7 Å². The largest absolute Gasteiger partial charge is 0.402 e. The number of aliphatic imine (C=N–C) groups is 1. The zero-order valence-electron chi connectivity index (χ0n) is 14.6. The molecule has 0 amide bonds. The molecular weight excluding hydrogens is 356 g/mol. The van der Waals surface area contributed by atoms with Crippen molar-refractivity contribution in [1.82, 2.24) is 0 Å². The molecule has 1 aliphatic heterocycles. The lowest BCUT2D eigenvalue weighted by atomic mass is 10.1. The number of nitro groups is 1. The van der Waals surface area contributed by atoms with Crippen LogP contribution in [0.2, 0.25) is 0 Å². The zero-order valence-corrected chi connectivity index (χ0v) is 14.6. The molecular formula is C22H14N2O4. The van der Waals surface area contributed by atoms with Crippen LogP contribution < -0.4 is 0 Å². The number of esters is 1. The SMILES string of the molecule is O=C1OC(c2ccc3ccccc3c2)=N/C1=C\C=C\c1ccc([N+](=O)[O-])cc1. The number of carbonyl (C=O) groups excluding carboxylic acids is 1. The number of nitrogens with zero attached hydrogens (tertiary/aromatic N) is 2. The Balaban J connectivity index is 1.55. The molecule has 0 unspecified atom stereocenters. The average molecular weight is 370 g/mol. The van der Waals surface area contributed by atoms with Crippen LogP contribution in [-0.2, 0) is 9.53 Å². The van der Waals surface area contributed by atoms with Crippen molar-refractivity contribution in [3.8, 4) is 0 Å². The lowest BCUT2D eigenvalue weighted by Gasteiger charge is -2.02. The number of ether oxygens (including phenoxy) is 1. The number of hydrogen-bond donors (Lipinski definition) is 0. The summed E-state index contributed by atoms with van der Waals surface area (Å²) in [4.78, 5) is 26.6. The molecule has 1 heterocycles. The standard InChI is InChI=1S/C22H14N2O4/c25-22-20(7-3-4-15-8-12-19(13-9-15)24(26)27)23-21(28-22)18-11-10-16-5-1-2-6-17(16)14-18/h1-14H/b4-3+,20-7-. The predicted molar refractivity (Wildman–Crippen MR) is 107 cm³/mol. The van der Waals surface area contributed by atoms with Gasteiger partial charge < -0.3 is 4.74 Å². The number of carbonyl (C=O) groups is 1. The Morgan fingerprint density at radius 2 is 1.71 bits per heavy atom. The highest BCUT2D eigenvalue weighted by atomic mass is 16.6. The van der Waals surface area contributed by atoms with E-state index >= 15 is 0 Å². The Morgan fingerprint density at radius 1 is 0.964 bits per heavy atom. The molecule has 136 valence electrons. The van der Waals surface area contributed by atoms with E-state index in [9.17, 15) is 14.9 Å². The number of allylic oxidation sites excluding steroid dienone is 2. The van der Waals surface area contributed by atoms with Crippen LogP contribution in [0.5, 0.6) is 0 Å². The second-order valence-corrected chi connectivity index (χ2v) is 6.13. The van der Waals surface area contributed by atoms with Crippen molar-refractivity contribution in [2.24, 2.45) is 4.99 Å². The van der Waals surface area contributed by atoms with Crippen LogP contribution in [0.15, 0.2) is 89.6 Å². The fourth-order valence-electron chi connectivity index (χ4n) is 2.83. The lowest BCUT2D eigenvalue weighted by molar-refractivity contribution is -0.384. The van der Waals surface area contributed by atoms with E-state index in [0.29, 0.717) is 0 Å². The number of hydrogen-bond acceptors (Lipinski definition) is 5. The summed E-state index contributed by atoms with van der Waals surface area (Å²) in [5.74, 6) is -0.248. The van der Waals surface area contributed by atoms with E-state index in [0.717, 1.165) is 21.9 Å². The first-order chi connectivity index (χ1) is 13.6. The molecule has 0 saturated carbocycles. The Labute approximate surface area is 160 Å². The van der Waals surface area contributed by atoms with Gasteiger partial charge >= 0.3 is 5.97 Å². The van der Waals surface area contributed by atoms with Crippen LogP contribution in [0.3, 0.4) is 0 Å². The molecule has 0 radical (unpaired) electrons. The highest BCUT2D eigenvalue weighted by molar-refractivity contribution is 6.12. The minimum atomic E-state index is -0.517. The number of rotatable bonds is 4. The highest BCUT2D eigenvalue weighted by Gasteiger charge is 2.23. The molecule has 0 bridgehead atoms. The minimum Gasteiger partial charge on any atom is -0.402 e. The maximum atomic E-state index is 12.1. The van der Waals surface area contributed by atoms with Gasteiger partial charge in [-0.15, -0.1) is 0 Å². The Bertz CT molecular complexity index is 1170. The Morgan fingerprint density at radius 3 is 2.46 bits per heavy atom. The molecule has 0 atom stereocenters. The number of benzene rings is 3. The third kappa shape index (κ3) is 3.57. The maximum absolute atomic E-state index is 12.1. The second-order valence-electron chi connectivity index (χ2n) is 6.13. The summed E-state index contributed by atoms with van der Waals surface area (Å²) < 4.78 is 5.29. The summed E-state index contributed by atoms with van der Waals surface area (Å²) in [6, 6.07) is 19.8. The summed E-state index contributed by atoms with van der Waals surface area (Å²) in [6.07, 6.45) is 4.94. The van der Waals surface area contributed by atoms with Crippen molar-refractivity contribution in [3.63, 3.8) is 0 Å².